The normalized spacial score (nSPS) is 11.7. The zero-order valence-corrected chi connectivity index (χ0v) is 14.6. The zero-order valence-electron chi connectivity index (χ0n) is 12.2. The van der Waals surface area contributed by atoms with Crippen molar-refractivity contribution in [2.75, 3.05) is 0 Å². The summed E-state index contributed by atoms with van der Waals surface area (Å²) in [5, 5.41) is 0.861. The standard InChI is InChI=1S/C18H9BrN2O2S/c19-11-5-6-15-10(7-11)8-12(17(22)23-15)13-9-21-14-3-1-2-4-16(14)24-18(21)20-13/h1-9H. The summed E-state index contributed by atoms with van der Waals surface area (Å²) >= 11 is 5.04. The van der Waals surface area contributed by atoms with Crippen LogP contribution in [0.2, 0.25) is 0 Å². The van der Waals surface area contributed by atoms with Gasteiger partial charge in [-0.25, -0.2) is 9.78 Å². The summed E-state index contributed by atoms with van der Waals surface area (Å²) in [4.78, 5) is 17.8. The SMILES string of the molecule is O=c1oc2ccc(Br)cc2cc1-c1cn2c(n1)sc1ccccc12. The summed E-state index contributed by atoms with van der Waals surface area (Å²) < 4.78 is 9.56. The van der Waals surface area contributed by atoms with E-state index < -0.39 is 0 Å². The number of benzene rings is 2. The van der Waals surface area contributed by atoms with Gasteiger partial charge < -0.3 is 4.42 Å². The van der Waals surface area contributed by atoms with E-state index in [1.54, 1.807) is 17.4 Å². The average molecular weight is 397 g/mol. The lowest BCUT2D eigenvalue weighted by Crippen LogP contribution is -2.02. The first-order chi connectivity index (χ1) is 11.7. The molecule has 0 atom stereocenters. The first-order valence-corrected chi connectivity index (χ1v) is 8.90. The van der Waals surface area contributed by atoms with Crippen LogP contribution in [0.25, 0.3) is 37.4 Å². The molecule has 2 aromatic carbocycles. The van der Waals surface area contributed by atoms with Gasteiger partial charge in [-0.2, -0.15) is 0 Å². The van der Waals surface area contributed by atoms with Gasteiger partial charge in [0, 0.05) is 16.1 Å². The van der Waals surface area contributed by atoms with Gasteiger partial charge in [-0.1, -0.05) is 39.4 Å². The van der Waals surface area contributed by atoms with Crippen molar-refractivity contribution in [1.29, 1.82) is 0 Å². The first-order valence-electron chi connectivity index (χ1n) is 7.29. The number of imidazole rings is 1. The van der Waals surface area contributed by atoms with Crippen LogP contribution >= 0.6 is 27.3 Å². The summed E-state index contributed by atoms with van der Waals surface area (Å²) in [5.41, 5.74) is 2.38. The Balaban J connectivity index is 1.78. The highest BCUT2D eigenvalue weighted by Gasteiger charge is 2.14. The van der Waals surface area contributed by atoms with Gasteiger partial charge in [-0.15, -0.1) is 0 Å². The highest BCUT2D eigenvalue weighted by molar-refractivity contribution is 9.10. The molecule has 0 spiro atoms. The number of para-hydroxylation sites is 1. The van der Waals surface area contributed by atoms with Crippen LogP contribution < -0.4 is 5.63 Å². The summed E-state index contributed by atoms with van der Waals surface area (Å²) in [6.07, 6.45) is 1.89. The van der Waals surface area contributed by atoms with Gasteiger partial charge in [-0.05, 0) is 36.4 Å². The average Bonchev–Trinajstić information content (AvgIpc) is 3.12. The molecule has 0 aliphatic heterocycles. The number of aromatic nitrogens is 2. The highest BCUT2D eigenvalue weighted by Crippen LogP contribution is 2.29. The molecule has 24 heavy (non-hydrogen) atoms. The van der Waals surface area contributed by atoms with Gasteiger partial charge >= 0.3 is 5.63 Å². The van der Waals surface area contributed by atoms with Crippen molar-refractivity contribution in [3.63, 3.8) is 0 Å². The summed E-state index contributed by atoms with van der Waals surface area (Å²) in [7, 11) is 0. The molecule has 5 rings (SSSR count). The van der Waals surface area contributed by atoms with E-state index in [1.165, 1.54) is 4.70 Å². The van der Waals surface area contributed by atoms with Gasteiger partial charge in [0.1, 0.15) is 5.58 Å². The van der Waals surface area contributed by atoms with Crippen LogP contribution in [0, 0.1) is 0 Å². The van der Waals surface area contributed by atoms with Crippen LogP contribution in [-0.4, -0.2) is 9.38 Å². The molecule has 5 aromatic rings. The third-order valence-corrected chi connectivity index (χ3v) is 5.50. The number of rotatable bonds is 1. The Kier molecular flexibility index (Phi) is 2.92. The van der Waals surface area contributed by atoms with Crippen molar-refractivity contribution in [2.45, 2.75) is 0 Å². The van der Waals surface area contributed by atoms with Crippen molar-refractivity contribution >= 4 is 53.4 Å². The maximum absolute atomic E-state index is 12.4. The molecular weight excluding hydrogens is 388 g/mol. The highest BCUT2D eigenvalue weighted by atomic mass is 79.9. The second-order valence-corrected chi connectivity index (χ2v) is 7.40. The maximum Gasteiger partial charge on any atom is 0.345 e. The Labute approximate surface area is 148 Å². The lowest BCUT2D eigenvalue weighted by atomic mass is 10.1. The molecule has 0 amide bonds. The van der Waals surface area contributed by atoms with E-state index in [4.69, 9.17) is 4.42 Å². The molecule has 6 heteroatoms. The molecule has 0 bridgehead atoms. The molecule has 0 aliphatic rings. The molecule has 116 valence electrons. The van der Waals surface area contributed by atoms with Crippen molar-refractivity contribution in [3.05, 3.63) is 69.6 Å². The fourth-order valence-corrected chi connectivity index (χ4v) is 4.24. The van der Waals surface area contributed by atoms with E-state index in [9.17, 15) is 4.79 Å². The van der Waals surface area contributed by atoms with Crippen molar-refractivity contribution in [1.82, 2.24) is 9.38 Å². The number of hydrogen-bond acceptors (Lipinski definition) is 4. The topological polar surface area (TPSA) is 47.5 Å². The number of halogens is 1. The largest absolute Gasteiger partial charge is 0.422 e. The number of fused-ring (bicyclic) bond motifs is 4. The fourth-order valence-electron chi connectivity index (χ4n) is 2.85. The van der Waals surface area contributed by atoms with Gasteiger partial charge in [0.05, 0.1) is 21.5 Å². The van der Waals surface area contributed by atoms with E-state index in [0.29, 0.717) is 16.8 Å². The Morgan fingerprint density at radius 1 is 1.12 bits per heavy atom. The number of hydrogen-bond donors (Lipinski definition) is 0. The van der Waals surface area contributed by atoms with Crippen LogP contribution in [-0.2, 0) is 0 Å². The van der Waals surface area contributed by atoms with Gasteiger partial charge in [0.15, 0.2) is 4.96 Å². The minimum Gasteiger partial charge on any atom is -0.422 e. The van der Waals surface area contributed by atoms with Crippen LogP contribution in [0.15, 0.2) is 68.4 Å². The van der Waals surface area contributed by atoms with E-state index in [0.717, 1.165) is 20.3 Å². The Bertz CT molecular complexity index is 1300. The minimum absolute atomic E-state index is 0.375. The maximum atomic E-state index is 12.4. The third-order valence-electron chi connectivity index (χ3n) is 3.97. The molecule has 4 nitrogen and oxygen atoms in total. The molecule has 0 saturated heterocycles. The van der Waals surface area contributed by atoms with Gasteiger partial charge in [-0.3, -0.25) is 4.40 Å². The van der Waals surface area contributed by atoms with Crippen LogP contribution in [0.1, 0.15) is 0 Å². The van der Waals surface area contributed by atoms with Crippen molar-refractivity contribution in [3.8, 4) is 11.3 Å². The molecular formula is C18H9BrN2O2S. The van der Waals surface area contributed by atoms with Crippen molar-refractivity contribution in [2.24, 2.45) is 0 Å². The fraction of sp³-hybridized carbons (Fsp3) is 0. The lowest BCUT2D eigenvalue weighted by Gasteiger charge is -2.00. The van der Waals surface area contributed by atoms with Crippen LogP contribution in [0.4, 0.5) is 0 Å². The smallest absolute Gasteiger partial charge is 0.345 e. The predicted octanol–water partition coefficient (Wildman–Crippen LogP) is 5.08. The zero-order chi connectivity index (χ0) is 16.3. The number of thiazole rings is 1. The van der Waals surface area contributed by atoms with E-state index in [2.05, 4.69) is 27.0 Å². The Hall–Kier alpha value is -2.44. The summed E-state index contributed by atoms with van der Waals surface area (Å²) in [5.74, 6) is 0. The molecule has 0 unspecified atom stereocenters. The van der Waals surface area contributed by atoms with Gasteiger partial charge in [0.25, 0.3) is 0 Å². The van der Waals surface area contributed by atoms with Crippen LogP contribution in [0.3, 0.4) is 0 Å². The first kappa shape index (κ1) is 13.9. The second-order valence-electron chi connectivity index (χ2n) is 5.48. The number of nitrogens with zero attached hydrogens (tertiary/aromatic N) is 2. The monoisotopic (exact) mass is 396 g/mol. The second kappa shape index (κ2) is 5.03. The Morgan fingerprint density at radius 2 is 2.00 bits per heavy atom. The molecule has 0 aliphatic carbocycles. The molecule has 0 N–H and O–H groups in total. The third kappa shape index (κ3) is 2.03. The van der Waals surface area contributed by atoms with Crippen LogP contribution in [0.5, 0.6) is 0 Å². The quantitative estimate of drug-likeness (QED) is 0.371. The minimum atomic E-state index is -0.375. The molecule has 3 aromatic heterocycles. The molecule has 0 saturated carbocycles. The molecule has 0 fully saturated rings. The van der Waals surface area contributed by atoms with E-state index >= 15 is 0 Å². The summed E-state index contributed by atoms with van der Waals surface area (Å²) in [6.45, 7) is 0. The van der Waals surface area contributed by atoms with E-state index in [1.807, 2.05) is 47.0 Å². The Morgan fingerprint density at radius 3 is 2.92 bits per heavy atom. The molecule has 3 heterocycles. The molecule has 0 radical (unpaired) electrons. The predicted molar refractivity (Wildman–Crippen MR) is 99.8 cm³/mol. The van der Waals surface area contributed by atoms with Gasteiger partial charge in [0.2, 0.25) is 0 Å². The van der Waals surface area contributed by atoms with Crippen molar-refractivity contribution < 1.29 is 4.42 Å². The lowest BCUT2D eigenvalue weighted by molar-refractivity contribution is 0.563. The summed E-state index contributed by atoms with van der Waals surface area (Å²) in [6, 6.07) is 15.5. The van der Waals surface area contributed by atoms with E-state index in [-0.39, 0.29) is 5.63 Å².